The van der Waals surface area contributed by atoms with Gasteiger partial charge in [0.05, 0.1) is 0 Å². The summed E-state index contributed by atoms with van der Waals surface area (Å²) >= 11 is 5.13. The van der Waals surface area contributed by atoms with E-state index in [0.29, 0.717) is 11.0 Å². The maximum Gasteiger partial charge on any atom is 0.106 e. The van der Waals surface area contributed by atoms with Crippen molar-refractivity contribution in [2.45, 2.75) is 18.9 Å². The first-order valence-corrected chi connectivity index (χ1v) is 6.80. The number of nitrogens with two attached hydrogens (primary N) is 1. The third kappa shape index (κ3) is 2.82. The summed E-state index contributed by atoms with van der Waals surface area (Å²) in [5.41, 5.74) is 7.93. The molecule has 0 bridgehead atoms. The van der Waals surface area contributed by atoms with E-state index in [-0.39, 0.29) is 0 Å². The highest BCUT2D eigenvalue weighted by atomic mass is 32.1. The van der Waals surface area contributed by atoms with Crippen LogP contribution in [0.4, 0.5) is 5.69 Å². The highest BCUT2D eigenvalue weighted by molar-refractivity contribution is 7.80. The molecule has 1 saturated heterocycles. The van der Waals surface area contributed by atoms with Crippen LogP contribution in [-0.2, 0) is 0 Å². The van der Waals surface area contributed by atoms with E-state index in [1.54, 1.807) is 0 Å². The molecule has 1 heterocycles. The molecule has 0 aliphatic carbocycles. The minimum atomic E-state index is 0.477. The first kappa shape index (κ1) is 13.3. The van der Waals surface area contributed by atoms with Crippen molar-refractivity contribution in [1.29, 1.82) is 0 Å². The van der Waals surface area contributed by atoms with Crippen molar-refractivity contribution in [2.75, 3.05) is 32.1 Å². The monoisotopic (exact) mass is 263 g/mol. The van der Waals surface area contributed by atoms with Crippen molar-refractivity contribution < 1.29 is 0 Å². The van der Waals surface area contributed by atoms with Crippen LogP contribution in [0.5, 0.6) is 0 Å². The molecular weight excluding hydrogens is 242 g/mol. The minimum absolute atomic E-state index is 0.477. The fraction of sp³-hybridized carbons (Fsp3) is 0.500. The smallest absolute Gasteiger partial charge is 0.106 e. The van der Waals surface area contributed by atoms with Crippen LogP contribution < -0.4 is 10.6 Å². The number of thiocarbonyl (C=S) groups is 1. The lowest BCUT2D eigenvalue weighted by atomic mass is 10.0. The number of rotatable bonds is 3. The summed E-state index contributed by atoms with van der Waals surface area (Å²) in [5.74, 6) is 0. The number of piperidine rings is 1. The number of para-hydroxylation sites is 1. The summed E-state index contributed by atoms with van der Waals surface area (Å²) in [4.78, 5) is 5.19. The van der Waals surface area contributed by atoms with Gasteiger partial charge in [0.15, 0.2) is 0 Å². The zero-order chi connectivity index (χ0) is 13.1. The van der Waals surface area contributed by atoms with Gasteiger partial charge in [-0.3, -0.25) is 0 Å². The largest absolute Gasteiger partial charge is 0.389 e. The lowest BCUT2D eigenvalue weighted by Gasteiger charge is -2.37. The van der Waals surface area contributed by atoms with Crippen molar-refractivity contribution in [3.63, 3.8) is 0 Å². The number of hydrogen-bond acceptors (Lipinski definition) is 3. The highest BCUT2D eigenvalue weighted by Gasteiger charge is 2.22. The summed E-state index contributed by atoms with van der Waals surface area (Å²) in [6.45, 7) is 2.31. The molecule has 4 heteroatoms. The van der Waals surface area contributed by atoms with Crippen LogP contribution in [0.1, 0.15) is 18.4 Å². The predicted molar refractivity (Wildman–Crippen MR) is 81.3 cm³/mol. The van der Waals surface area contributed by atoms with Gasteiger partial charge < -0.3 is 15.5 Å². The molecule has 18 heavy (non-hydrogen) atoms. The Morgan fingerprint density at radius 2 is 1.94 bits per heavy atom. The highest BCUT2D eigenvalue weighted by Crippen LogP contribution is 2.25. The Labute approximate surface area is 115 Å². The lowest BCUT2D eigenvalue weighted by Crippen LogP contribution is -2.42. The van der Waals surface area contributed by atoms with Crippen LogP contribution in [0.2, 0.25) is 0 Å². The van der Waals surface area contributed by atoms with Gasteiger partial charge >= 0.3 is 0 Å². The molecular formula is C14H21N3S. The van der Waals surface area contributed by atoms with Crippen LogP contribution in [0.3, 0.4) is 0 Å². The Morgan fingerprint density at radius 1 is 1.33 bits per heavy atom. The quantitative estimate of drug-likeness (QED) is 0.844. The fourth-order valence-corrected chi connectivity index (χ4v) is 2.74. The summed E-state index contributed by atoms with van der Waals surface area (Å²) < 4.78 is 0. The van der Waals surface area contributed by atoms with Gasteiger partial charge in [0.25, 0.3) is 0 Å². The van der Waals surface area contributed by atoms with Gasteiger partial charge in [-0.1, -0.05) is 24.4 Å². The molecule has 1 fully saturated rings. The maximum atomic E-state index is 5.80. The van der Waals surface area contributed by atoms with Crippen LogP contribution in [0, 0.1) is 0 Å². The second-order valence-electron chi connectivity index (χ2n) is 5.03. The summed E-state index contributed by atoms with van der Waals surface area (Å²) in [6, 6.07) is 8.72. The van der Waals surface area contributed by atoms with E-state index in [4.69, 9.17) is 18.0 Å². The van der Waals surface area contributed by atoms with E-state index < -0.39 is 0 Å². The number of benzene rings is 1. The first-order valence-electron chi connectivity index (χ1n) is 6.40. The predicted octanol–water partition coefficient (Wildman–Crippen LogP) is 1.85. The van der Waals surface area contributed by atoms with Crippen LogP contribution in [0.25, 0.3) is 0 Å². The van der Waals surface area contributed by atoms with E-state index in [9.17, 15) is 0 Å². The lowest BCUT2D eigenvalue weighted by molar-refractivity contribution is 0.253. The molecule has 98 valence electrons. The molecule has 1 aromatic carbocycles. The second-order valence-corrected chi connectivity index (χ2v) is 5.47. The third-order valence-electron chi connectivity index (χ3n) is 3.79. The molecule has 2 N–H and O–H groups in total. The van der Waals surface area contributed by atoms with Crippen molar-refractivity contribution >= 4 is 22.9 Å². The van der Waals surface area contributed by atoms with Gasteiger partial charge in [0.1, 0.15) is 4.99 Å². The molecule has 1 aromatic rings. The number of nitrogens with zero attached hydrogens (tertiary/aromatic N) is 2. The van der Waals surface area contributed by atoms with Gasteiger partial charge in [-0.15, -0.1) is 0 Å². The van der Waals surface area contributed by atoms with Gasteiger partial charge in [-0.25, -0.2) is 0 Å². The van der Waals surface area contributed by atoms with Crippen molar-refractivity contribution in [2.24, 2.45) is 5.73 Å². The number of hydrogen-bond donors (Lipinski definition) is 1. The Balaban J connectivity index is 2.18. The summed E-state index contributed by atoms with van der Waals surface area (Å²) in [5, 5.41) is 0. The topological polar surface area (TPSA) is 32.5 Å². The number of anilines is 1. The normalized spacial score (nSPS) is 17.7. The molecule has 1 aliphatic heterocycles. The Morgan fingerprint density at radius 3 is 2.56 bits per heavy atom. The fourth-order valence-electron chi connectivity index (χ4n) is 2.57. The van der Waals surface area contributed by atoms with Crippen molar-refractivity contribution in [3.05, 3.63) is 29.8 Å². The van der Waals surface area contributed by atoms with Crippen molar-refractivity contribution in [3.8, 4) is 0 Å². The standard InChI is InChI=1S/C14H21N3S/c1-16-9-7-11(8-10-16)17(2)13-6-4-3-5-12(13)14(15)18/h3-6,11H,7-10H2,1-2H3,(H2,15,18). The van der Waals surface area contributed by atoms with Gasteiger partial charge in [0, 0.05) is 24.3 Å². The van der Waals surface area contributed by atoms with E-state index in [1.807, 2.05) is 18.2 Å². The average molecular weight is 263 g/mol. The Bertz CT molecular complexity index is 425. The van der Waals surface area contributed by atoms with E-state index in [0.717, 1.165) is 24.3 Å². The zero-order valence-electron chi connectivity index (χ0n) is 11.1. The van der Waals surface area contributed by atoms with Gasteiger partial charge in [-0.2, -0.15) is 0 Å². The SMILES string of the molecule is CN1CCC(N(C)c2ccccc2C(N)=S)CC1. The third-order valence-corrected chi connectivity index (χ3v) is 4.01. The minimum Gasteiger partial charge on any atom is -0.389 e. The van der Waals surface area contributed by atoms with Gasteiger partial charge in [-0.05, 0) is 45.1 Å². The number of likely N-dealkylation sites (tertiary alicyclic amines) is 1. The zero-order valence-corrected chi connectivity index (χ0v) is 11.9. The molecule has 3 nitrogen and oxygen atoms in total. The first-order chi connectivity index (χ1) is 8.59. The summed E-state index contributed by atoms with van der Waals surface area (Å²) in [7, 11) is 4.33. The molecule has 0 spiro atoms. The Hall–Kier alpha value is -1.13. The molecule has 0 aromatic heterocycles. The van der Waals surface area contributed by atoms with Crippen LogP contribution in [-0.4, -0.2) is 43.1 Å². The van der Waals surface area contributed by atoms with E-state index in [1.165, 1.54) is 12.8 Å². The molecule has 1 aliphatic rings. The van der Waals surface area contributed by atoms with Crippen LogP contribution in [0.15, 0.2) is 24.3 Å². The average Bonchev–Trinajstić information content (AvgIpc) is 2.39. The molecule has 0 amide bonds. The van der Waals surface area contributed by atoms with Crippen molar-refractivity contribution in [1.82, 2.24) is 4.90 Å². The van der Waals surface area contributed by atoms with E-state index in [2.05, 4.69) is 30.0 Å². The molecule has 2 rings (SSSR count). The second kappa shape index (κ2) is 5.67. The maximum absolute atomic E-state index is 5.80. The molecule has 0 radical (unpaired) electrons. The van der Waals surface area contributed by atoms with Gasteiger partial charge in [0.2, 0.25) is 0 Å². The van der Waals surface area contributed by atoms with E-state index >= 15 is 0 Å². The molecule has 0 atom stereocenters. The Kier molecular flexibility index (Phi) is 4.19. The molecule has 0 unspecified atom stereocenters. The summed E-state index contributed by atoms with van der Waals surface area (Å²) in [6.07, 6.45) is 2.39. The molecule has 0 saturated carbocycles. The van der Waals surface area contributed by atoms with Crippen LogP contribution >= 0.6 is 12.2 Å².